The van der Waals surface area contributed by atoms with Crippen molar-refractivity contribution in [2.45, 2.75) is 57.9 Å². The molecule has 0 aromatic carbocycles. The molecule has 0 bridgehead atoms. The van der Waals surface area contributed by atoms with Crippen LogP contribution in [0.2, 0.25) is 0 Å². The zero-order valence-corrected chi connectivity index (χ0v) is 12.1. The van der Waals surface area contributed by atoms with E-state index in [-0.39, 0.29) is 5.54 Å². The van der Waals surface area contributed by atoms with Gasteiger partial charge >= 0.3 is 0 Å². The summed E-state index contributed by atoms with van der Waals surface area (Å²) in [6.45, 7) is 4.58. The lowest BCUT2D eigenvalue weighted by atomic mass is 9.82. The SMILES string of the molecule is C/C=C(\CC1=CCCC=C1)C1(NC)CCC(C)C1. The average Bonchev–Trinajstić information content (AvgIpc) is 2.80. The van der Waals surface area contributed by atoms with Crippen LogP contribution in [-0.4, -0.2) is 12.6 Å². The van der Waals surface area contributed by atoms with Crippen molar-refractivity contribution in [3.05, 3.63) is 35.5 Å². The molecular formula is C17H27N. The molecule has 1 nitrogen and oxygen atoms in total. The summed E-state index contributed by atoms with van der Waals surface area (Å²) < 4.78 is 0. The lowest BCUT2D eigenvalue weighted by molar-refractivity contribution is 0.401. The van der Waals surface area contributed by atoms with Crippen LogP contribution in [0, 0.1) is 5.92 Å². The maximum atomic E-state index is 3.63. The lowest BCUT2D eigenvalue weighted by Crippen LogP contribution is -2.42. The number of likely N-dealkylation sites (N-methyl/N-ethyl adjacent to an activating group) is 1. The van der Waals surface area contributed by atoms with Crippen LogP contribution < -0.4 is 5.32 Å². The first-order valence-electron chi connectivity index (χ1n) is 7.40. The van der Waals surface area contributed by atoms with Crippen LogP contribution in [0.15, 0.2) is 35.5 Å². The van der Waals surface area contributed by atoms with Crippen LogP contribution in [-0.2, 0) is 0 Å². The molecule has 0 spiro atoms. The Labute approximate surface area is 112 Å². The number of nitrogens with one attached hydrogen (secondary N) is 1. The predicted molar refractivity (Wildman–Crippen MR) is 79.6 cm³/mol. The van der Waals surface area contributed by atoms with Crippen molar-refractivity contribution < 1.29 is 0 Å². The summed E-state index contributed by atoms with van der Waals surface area (Å²) >= 11 is 0. The molecule has 1 fully saturated rings. The molecule has 2 aliphatic carbocycles. The number of rotatable bonds is 4. The smallest absolute Gasteiger partial charge is 0.0397 e. The Morgan fingerprint density at radius 2 is 2.33 bits per heavy atom. The van der Waals surface area contributed by atoms with Crippen LogP contribution in [0.25, 0.3) is 0 Å². The quantitative estimate of drug-likeness (QED) is 0.725. The third-order valence-corrected chi connectivity index (χ3v) is 4.67. The average molecular weight is 245 g/mol. The second-order valence-electron chi connectivity index (χ2n) is 5.93. The Bertz CT molecular complexity index is 375. The second-order valence-corrected chi connectivity index (χ2v) is 5.93. The fourth-order valence-corrected chi connectivity index (χ4v) is 3.54. The topological polar surface area (TPSA) is 12.0 Å². The molecule has 0 aliphatic heterocycles. The third kappa shape index (κ3) is 2.77. The van der Waals surface area contributed by atoms with Gasteiger partial charge in [0.15, 0.2) is 0 Å². The standard InChI is InChI=1S/C17H27N/c1-4-16(12-15-8-6-5-7-9-15)17(18-3)11-10-14(2)13-17/h4,6,8-9,14,18H,5,7,10-13H2,1-3H3/b16-4+. The maximum Gasteiger partial charge on any atom is 0.0397 e. The van der Waals surface area contributed by atoms with Crippen LogP contribution in [0.4, 0.5) is 0 Å². The van der Waals surface area contributed by atoms with Gasteiger partial charge in [-0.3, -0.25) is 0 Å². The summed E-state index contributed by atoms with van der Waals surface area (Å²) in [7, 11) is 2.13. The van der Waals surface area contributed by atoms with Crippen LogP contribution >= 0.6 is 0 Å². The van der Waals surface area contributed by atoms with Gasteiger partial charge in [-0.05, 0) is 64.0 Å². The Morgan fingerprint density at radius 1 is 1.50 bits per heavy atom. The van der Waals surface area contributed by atoms with Crippen molar-refractivity contribution in [1.29, 1.82) is 0 Å². The van der Waals surface area contributed by atoms with E-state index in [0.717, 1.165) is 12.3 Å². The summed E-state index contributed by atoms with van der Waals surface area (Å²) in [6, 6.07) is 0. The summed E-state index contributed by atoms with van der Waals surface area (Å²) in [4.78, 5) is 0. The highest BCUT2D eigenvalue weighted by Gasteiger charge is 2.38. The number of allylic oxidation sites excluding steroid dienone is 5. The van der Waals surface area contributed by atoms with Crippen molar-refractivity contribution in [3.63, 3.8) is 0 Å². The summed E-state index contributed by atoms with van der Waals surface area (Å²) in [5.74, 6) is 0.850. The van der Waals surface area contributed by atoms with Crippen molar-refractivity contribution in [2.24, 2.45) is 5.92 Å². The molecule has 0 radical (unpaired) electrons. The molecule has 1 saturated carbocycles. The van der Waals surface area contributed by atoms with Gasteiger partial charge in [0.25, 0.3) is 0 Å². The van der Waals surface area contributed by atoms with Crippen molar-refractivity contribution in [3.8, 4) is 0 Å². The highest BCUT2D eigenvalue weighted by molar-refractivity contribution is 5.33. The summed E-state index contributed by atoms with van der Waals surface area (Å²) in [5, 5.41) is 3.63. The molecule has 2 aliphatic rings. The molecule has 2 rings (SSSR count). The highest BCUT2D eigenvalue weighted by atomic mass is 15.0. The van der Waals surface area contributed by atoms with Crippen LogP contribution in [0.3, 0.4) is 0 Å². The Hall–Kier alpha value is -0.820. The van der Waals surface area contributed by atoms with E-state index < -0.39 is 0 Å². The van der Waals surface area contributed by atoms with E-state index >= 15 is 0 Å². The molecule has 1 N–H and O–H groups in total. The Morgan fingerprint density at radius 3 is 2.83 bits per heavy atom. The van der Waals surface area contributed by atoms with Gasteiger partial charge in [-0.2, -0.15) is 0 Å². The fourth-order valence-electron chi connectivity index (χ4n) is 3.54. The first kappa shape index (κ1) is 13.6. The minimum Gasteiger partial charge on any atom is -0.311 e. The molecule has 100 valence electrons. The van der Waals surface area contributed by atoms with Crippen molar-refractivity contribution in [1.82, 2.24) is 5.32 Å². The zero-order valence-electron chi connectivity index (χ0n) is 12.1. The highest BCUT2D eigenvalue weighted by Crippen LogP contribution is 2.41. The van der Waals surface area contributed by atoms with Gasteiger partial charge in [0.05, 0.1) is 0 Å². The van der Waals surface area contributed by atoms with E-state index in [9.17, 15) is 0 Å². The molecule has 0 aromatic rings. The molecule has 0 amide bonds. The monoisotopic (exact) mass is 245 g/mol. The van der Waals surface area contributed by atoms with E-state index in [2.05, 4.69) is 50.5 Å². The molecule has 0 aromatic heterocycles. The van der Waals surface area contributed by atoms with Crippen LogP contribution in [0.1, 0.15) is 52.4 Å². The van der Waals surface area contributed by atoms with Crippen molar-refractivity contribution >= 4 is 0 Å². The van der Waals surface area contributed by atoms with E-state index in [1.807, 2.05) is 0 Å². The molecular weight excluding hydrogens is 218 g/mol. The minimum atomic E-state index is 0.264. The van der Waals surface area contributed by atoms with E-state index in [1.54, 1.807) is 5.57 Å². The first-order valence-corrected chi connectivity index (χ1v) is 7.40. The fraction of sp³-hybridized carbons (Fsp3) is 0.647. The van der Waals surface area contributed by atoms with E-state index in [0.29, 0.717) is 0 Å². The van der Waals surface area contributed by atoms with Gasteiger partial charge in [-0.15, -0.1) is 0 Å². The van der Waals surface area contributed by atoms with Gasteiger partial charge < -0.3 is 5.32 Å². The first-order chi connectivity index (χ1) is 8.70. The lowest BCUT2D eigenvalue weighted by Gasteiger charge is -2.33. The van der Waals surface area contributed by atoms with Gasteiger partial charge in [-0.25, -0.2) is 0 Å². The molecule has 0 heterocycles. The predicted octanol–water partition coefficient (Wildman–Crippen LogP) is 4.38. The largest absolute Gasteiger partial charge is 0.311 e. The molecule has 2 unspecified atom stereocenters. The Balaban J connectivity index is 2.12. The maximum absolute atomic E-state index is 3.63. The van der Waals surface area contributed by atoms with Crippen molar-refractivity contribution in [2.75, 3.05) is 7.05 Å². The second kappa shape index (κ2) is 5.88. The Kier molecular flexibility index (Phi) is 4.45. The molecule has 0 saturated heterocycles. The summed E-state index contributed by atoms with van der Waals surface area (Å²) in [5.41, 5.74) is 3.36. The van der Waals surface area contributed by atoms with Crippen LogP contribution in [0.5, 0.6) is 0 Å². The number of hydrogen-bond acceptors (Lipinski definition) is 1. The molecule has 2 atom stereocenters. The minimum absolute atomic E-state index is 0.264. The van der Waals surface area contributed by atoms with Gasteiger partial charge in [0, 0.05) is 5.54 Å². The summed E-state index contributed by atoms with van der Waals surface area (Å²) in [6.07, 6.45) is 16.9. The van der Waals surface area contributed by atoms with Gasteiger partial charge in [0.1, 0.15) is 0 Å². The molecule has 1 heteroatoms. The normalized spacial score (nSPS) is 32.7. The zero-order chi connectivity index (χ0) is 13.0. The van der Waals surface area contributed by atoms with Gasteiger partial charge in [-0.1, -0.05) is 36.8 Å². The molecule has 18 heavy (non-hydrogen) atoms. The number of hydrogen-bond donors (Lipinski definition) is 1. The van der Waals surface area contributed by atoms with Gasteiger partial charge in [0.2, 0.25) is 0 Å². The van der Waals surface area contributed by atoms with E-state index in [1.165, 1.54) is 37.7 Å². The third-order valence-electron chi connectivity index (χ3n) is 4.67. The van der Waals surface area contributed by atoms with E-state index in [4.69, 9.17) is 0 Å².